The first-order valence-electron chi connectivity index (χ1n) is 9.64. The molecular formula is C19H36N2. The van der Waals surface area contributed by atoms with Crippen LogP contribution in [0, 0.1) is 17.3 Å². The molecule has 0 aromatic heterocycles. The van der Waals surface area contributed by atoms with Crippen molar-refractivity contribution in [3.8, 4) is 0 Å². The van der Waals surface area contributed by atoms with E-state index in [0.29, 0.717) is 0 Å². The minimum atomic E-state index is 0.773. The molecule has 0 radical (unpaired) electrons. The minimum absolute atomic E-state index is 0.773. The fraction of sp³-hybridized carbons (Fsp3) is 1.00. The molecular weight excluding hydrogens is 256 g/mol. The van der Waals surface area contributed by atoms with E-state index in [-0.39, 0.29) is 0 Å². The van der Waals surface area contributed by atoms with Gasteiger partial charge in [0.2, 0.25) is 0 Å². The highest BCUT2D eigenvalue weighted by Crippen LogP contribution is 2.46. The Morgan fingerprint density at radius 1 is 1.05 bits per heavy atom. The van der Waals surface area contributed by atoms with Crippen LogP contribution in [0.4, 0.5) is 0 Å². The second-order valence-electron chi connectivity index (χ2n) is 8.25. The highest BCUT2D eigenvalue weighted by molar-refractivity contribution is 4.92. The lowest BCUT2D eigenvalue weighted by atomic mass is 9.75. The molecule has 0 amide bonds. The standard InChI is InChI=1S/C19H36N2/c1-3-16-6-7-18(20-2)17(14-16)15-21-12-10-19(11-13-21)8-4-5-9-19/h16-18,20H,3-15H2,1-2H3. The molecule has 3 unspecified atom stereocenters. The van der Waals surface area contributed by atoms with E-state index < -0.39 is 0 Å². The van der Waals surface area contributed by atoms with Crippen molar-refractivity contribution in [2.75, 3.05) is 26.7 Å². The summed E-state index contributed by atoms with van der Waals surface area (Å²) in [5.41, 5.74) is 0.775. The van der Waals surface area contributed by atoms with Crippen LogP contribution in [0.3, 0.4) is 0 Å². The zero-order chi connectivity index (χ0) is 14.7. The molecule has 3 atom stereocenters. The van der Waals surface area contributed by atoms with Gasteiger partial charge in [-0.15, -0.1) is 0 Å². The minimum Gasteiger partial charge on any atom is -0.317 e. The maximum Gasteiger partial charge on any atom is 0.0105 e. The molecule has 122 valence electrons. The summed E-state index contributed by atoms with van der Waals surface area (Å²) in [5, 5.41) is 3.61. The highest BCUT2D eigenvalue weighted by Gasteiger charge is 2.38. The number of rotatable bonds is 4. The van der Waals surface area contributed by atoms with Gasteiger partial charge in [0.25, 0.3) is 0 Å². The molecule has 0 aromatic rings. The first-order chi connectivity index (χ1) is 10.2. The van der Waals surface area contributed by atoms with Gasteiger partial charge in [-0.3, -0.25) is 0 Å². The van der Waals surface area contributed by atoms with Gasteiger partial charge in [0.1, 0.15) is 0 Å². The Morgan fingerprint density at radius 3 is 2.38 bits per heavy atom. The number of piperidine rings is 1. The third-order valence-corrected chi connectivity index (χ3v) is 7.11. The fourth-order valence-electron chi connectivity index (χ4n) is 5.48. The Kier molecular flexibility index (Phi) is 5.27. The Balaban J connectivity index is 1.51. The first kappa shape index (κ1) is 15.8. The average Bonchev–Trinajstić information content (AvgIpc) is 2.98. The van der Waals surface area contributed by atoms with Gasteiger partial charge in [0, 0.05) is 12.6 Å². The Morgan fingerprint density at radius 2 is 1.76 bits per heavy atom. The van der Waals surface area contributed by atoms with Crippen molar-refractivity contribution in [3.05, 3.63) is 0 Å². The van der Waals surface area contributed by atoms with Gasteiger partial charge in [-0.2, -0.15) is 0 Å². The maximum absolute atomic E-state index is 3.61. The molecule has 3 aliphatic rings. The molecule has 1 N–H and O–H groups in total. The Hall–Kier alpha value is -0.0800. The molecule has 3 fully saturated rings. The molecule has 1 heterocycles. The smallest absolute Gasteiger partial charge is 0.0105 e. The van der Waals surface area contributed by atoms with Crippen molar-refractivity contribution >= 4 is 0 Å². The van der Waals surface area contributed by atoms with Crippen molar-refractivity contribution in [1.82, 2.24) is 10.2 Å². The third-order valence-electron chi connectivity index (χ3n) is 7.11. The van der Waals surface area contributed by atoms with Gasteiger partial charge in [-0.1, -0.05) is 26.2 Å². The monoisotopic (exact) mass is 292 g/mol. The number of nitrogens with one attached hydrogen (secondary N) is 1. The van der Waals surface area contributed by atoms with E-state index in [1.54, 1.807) is 0 Å². The quantitative estimate of drug-likeness (QED) is 0.840. The molecule has 2 aliphatic carbocycles. The van der Waals surface area contributed by atoms with Crippen LogP contribution in [-0.2, 0) is 0 Å². The Labute approximate surface area is 132 Å². The second-order valence-corrected chi connectivity index (χ2v) is 8.25. The van der Waals surface area contributed by atoms with E-state index in [1.165, 1.54) is 83.8 Å². The van der Waals surface area contributed by atoms with Crippen LogP contribution in [0.5, 0.6) is 0 Å². The summed E-state index contributed by atoms with van der Waals surface area (Å²) < 4.78 is 0. The van der Waals surface area contributed by atoms with Gasteiger partial charge in [-0.05, 0) is 82.3 Å². The zero-order valence-corrected chi connectivity index (χ0v) is 14.4. The van der Waals surface area contributed by atoms with E-state index in [0.717, 1.165) is 23.3 Å². The molecule has 21 heavy (non-hydrogen) atoms. The zero-order valence-electron chi connectivity index (χ0n) is 14.4. The molecule has 0 aromatic carbocycles. The topological polar surface area (TPSA) is 15.3 Å². The predicted octanol–water partition coefficient (Wildman–Crippen LogP) is 4.06. The van der Waals surface area contributed by atoms with Gasteiger partial charge >= 0.3 is 0 Å². The summed E-state index contributed by atoms with van der Waals surface area (Å²) in [5.74, 6) is 1.89. The van der Waals surface area contributed by atoms with E-state index in [4.69, 9.17) is 0 Å². The second kappa shape index (κ2) is 7.00. The largest absolute Gasteiger partial charge is 0.317 e. The molecule has 1 saturated heterocycles. The summed E-state index contributed by atoms with van der Waals surface area (Å²) in [6.45, 7) is 6.50. The molecule has 2 heteroatoms. The van der Waals surface area contributed by atoms with Crippen LogP contribution in [0.2, 0.25) is 0 Å². The van der Waals surface area contributed by atoms with Crippen LogP contribution in [0.25, 0.3) is 0 Å². The van der Waals surface area contributed by atoms with Crippen molar-refractivity contribution in [2.24, 2.45) is 17.3 Å². The fourth-order valence-corrected chi connectivity index (χ4v) is 5.48. The molecule has 1 spiro atoms. The summed E-state index contributed by atoms with van der Waals surface area (Å²) in [4.78, 5) is 2.80. The van der Waals surface area contributed by atoms with E-state index >= 15 is 0 Å². The number of likely N-dealkylation sites (tertiary alicyclic amines) is 1. The van der Waals surface area contributed by atoms with Gasteiger partial charge < -0.3 is 10.2 Å². The van der Waals surface area contributed by atoms with Crippen molar-refractivity contribution in [2.45, 2.75) is 77.2 Å². The third kappa shape index (κ3) is 3.64. The highest BCUT2D eigenvalue weighted by atomic mass is 15.1. The van der Waals surface area contributed by atoms with Gasteiger partial charge in [-0.25, -0.2) is 0 Å². The van der Waals surface area contributed by atoms with E-state index in [1.807, 2.05) is 0 Å². The number of hydrogen-bond donors (Lipinski definition) is 1. The van der Waals surface area contributed by atoms with Crippen molar-refractivity contribution in [3.63, 3.8) is 0 Å². The number of hydrogen-bond acceptors (Lipinski definition) is 2. The predicted molar refractivity (Wildman–Crippen MR) is 90.5 cm³/mol. The lowest BCUT2D eigenvalue weighted by Crippen LogP contribution is -2.47. The molecule has 2 nitrogen and oxygen atoms in total. The first-order valence-corrected chi connectivity index (χ1v) is 9.64. The van der Waals surface area contributed by atoms with Crippen molar-refractivity contribution < 1.29 is 0 Å². The lowest BCUT2D eigenvalue weighted by molar-refractivity contribution is 0.0742. The summed E-state index contributed by atoms with van der Waals surface area (Å²) in [6.07, 6.45) is 14.7. The SMILES string of the molecule is CCC1CCC(NC)C(CN2CCC3(CCCC3)CC2)C1. The lowest BCUT2D eigenvalue weighted by Gasteiger charge is -2.43. The summed E-state index contributed by atoms with van der Waals surface area (Å²) in [6, 6.07) is 0.773. The molecule has 3 rings (SSSR count). The average molecular weight is 293 g/mol. The molecule has 1 aliphatic heterocycles. The van der Waals surface area contributed by atoms with Crippen LogP contribution in [-0.4, -0.2) is 37.6 Å². The maximum atomic E-state index is 3.61. The van der Waals surface area contributed by atoms with Crippen LogP contribution in [0.1, 0.15) is 71.1 Å². The van der Waals surface area contributed by atoms with Crippen molar-refractivity contribution in [1.29, 1.82) is 0 Å². The van der Waals surface area contributed by atoms with Crippen LogP contribution < -0.4 is 5.32 Å². The van der Waals surface area contributed by atoms with Gasteiger partial charge in [0.15, 0.2) is 0 Å². The number of nitrogens with zero attached hydrogens (tertiary/aromatic N) is 1. The van der Waals surface area contributed by atoms with E-state index in [9.17, 15) is 0 Å². The normalized spacial score (nSPS) is 37.1. The molecule has 2 saturated carbocycles. The van der Waals surface area contributed by atoms with Gasteiger partial charge in [0.05, 0.1) is 0 Å². The van der Waals surface area contributed by atoms with E-state index in [2.05, 4.69) is 24.2 Å². The van der Waals surface area contributed by atoms with Crippen LogP contribution in [0.15, 0.2) is 0 Å². The van der Waals surface area contributed by atoms with Crippen LogP contribution >= 0.6 is 0 Å². The summed E-state index contributed by atoms with van der Waals surface area (Å²) in [7, 11) is 2.17. The molecule has 0 bridgehead atoms. The summed E-state index contributed by atoms with van der Waals surface area (Å²) >= 11 is 0. The Bertz CT molecular complexity index is 312.